The molecule has 0 spiro atoms. The van der Waals surface area contributed by atoms with Gasteiger partial charge in [-0.05, 0) is 37.1 Å². The summed E-state index contributed by atoms with van der Waals surface area (Å²) in [5.41, 5.74) is 1.11. The van der Waals surface area contributed by atoms with E-state index in [2.05, 4.69) is 32.3 Å². The van der Waals surface area contributed by atoms with Crippen LogP contribution in [-0.4, -0.2) is 81.3 Å². The van der Waals surface area contributed by atoms with Crippen molar-refractivity contribution in [2.45, 2.75) is 31.8 Å². The fourth-order valence-electron chi connectivity index (χ4n) is 3.80. The van der Waals surface area contributed by atoms with E-state index in [9.17, 15) is 4.39 Å². The van der Waals surface area contributed by atoms with Crippen LogP contribution >= 0.6 is 0 Å². The van der Waals surface area contributed by atoms with Crippen LogP contribution in [0.2, 0.25) is 0 Å². The number of nitrogens with one attached hydrogen (secondary N) is 2. The third-order valence-electron chi connectivity index (χ3n) is 5.59. The first kappa shape index (κ1) is 21.0. The molecule has 1 saturated heterocycles. The first-order valence-corrected chi connectivity index (χ1v) is 10.5. The number of aliphatic imine (C=N–C) groups is 1. The Bertz CT molecular complexity index is 614. The molecule has 7 heteroatoms. The Balaban J connectivity index is 1.54. The van der Waals surface area contributed by atoms with Crippen molar-refractivity contribution in [2.75, 3.05) is 59.5 Å². The van der Waals surface area contributed by atoms with Crippen molar-refractivity contribution in [3.63, 3.8) is 0 Å². The van der Waals surface area contributed by atoms with E-state index < -0.39 is 0 Å². The maximum Gasteiger partial charge on any atom is 0.191 e. The highest BCUT2D eigenvalue weighted by Gasteiger charge is 2.27. The quantitative estimate of drug-likeness (QED) is 0.497. The summed E-state index contributed by atoms with van der Waals surface area (Å²) in [6.45, 7) is 9.17. The lowest BCUT2D eigenvalue weighted by atomic mass is 10.0. The van der Waals surface area contributed by atoms with E-state index in [1.165, 1.54) is 25.0 Å². The van der Waals surface area contributed by atoms with Gasteiger partial charge in [0.1, 0.15) is 5.82 Å². The average molecular weight is 392 g/mol. The molecule has 2 aliphatic rings. The smallest absolute Gasteiger partial charge is 0.191 e. The van der Waals surface area contributed by atoms with Crippen molar-refractivity contribution in [1.82, 2.24) is 20.4 Å². The molecule has 1 aromatic rings. The summed E-state index contributed by atoms with van der Waals surface area (Å²) >= 11 is 0. The number of halogens is 1. The van der Waals surface area contributed by atoms with Gasteiger partial charge in [0.15, 0.2) is 5.96 Å². The standard InChI is InChI=1S/C21H34FN5O/c1-3-26(19-8-9-19)11-10-24-21(23-2)25-16-20(27-12-14-28-15-13-27)17-4-6-18(22)7-5-17/h4-7,19-20H,3,8-16H2,1-2H3,(H2,23,24,25). The van der Waals surface area contributed by atoms with E-state index in [1.807, 2.05) is 12.1 Å². The third kappa shape index (κ3) is 6.15. The molecule has 1 aromatic carbocycles. The van der Waals surface area contributed by atoms with Crippen LogP contribution in [0.4, 0.5) is 4.39 Å². The number of morpholine rings is 1. The maximum atomic E-state index is 13.4. The van der Waals surface area contributed by atoms with Gasteiger partial charge in [-0.15, -0.1) is 0 Å². The number of benzene rings is 1. The fourth-order valence-corrected chi connectivity index (χ4v) is 3.80. The van der Waals surface area contributed by atoms with Crippen molar-refractivity contribution in [3.05, 3.63) is 35.6 Å². The number of rotatable bonds is 9. The van der Waals surface area contributed by atoms with E-state index in [4.69, 9.17) is 4.74 Å². The summed E-state index contributed by atoms with van der Waals surface area (Å²) in [6.07, 6.45) is 2.67. The van der Waals surface area contributed by atoms with Crippen LogP contribution in [0.3, 0.4) is 0 Å². The highest BCUT2D eigenvalue weighted by atomic mass is 19.1. The monoisotopic (exact) mass is 391 g/mol. The van der Waals surface area contributed by atoms with Gasteiger partial charge in [0.05, 0.1) is 19.3 Å². The van der Waals surface area contributed by atoms with E-state index in [0.29, 0.717) is 6.54 Å². The summed E-state index contributed by atoms with van der Waals surface area (Å²) in [5, 5.41) is 6.89. The molecular weight excluding hydrogens is 357 g/mol. The number of hydrogen-bond donors (Lipinski definition) is 2. The Morgan fingerprint density at radius 3 is 2.57 bits per heavy atom. The second kappa shape index (κ2) is 10.7. The van der Waals surface area contributed by atoms with Crippen LogP contribution in [0, 0.1) is 5.82 Å². The molecule has 1 saturated carbocycles. The average Bonchev–Trinajstić information content (AvgIpc) is 3.57. The van der Waals surface area contributed by atoms with E-state index >= 15 is 0 Å². The van der Waals surface area contributed by atoms with Crippen molar-refractivity contribution in [1.29, 1.82) is 0 Å². The van der Waals surface area contributed by atoms with Crippen LogP contribution in [-0.2, 0) is 4.74 Å². The summed E-state index contributed by atoms with van der Waals surface area (Å²) < 4.78 is 18.9. The molecule has 28 heavy (non-hydrogen) atoms. The Morgan fingerprint density at radius 1 is 1.25 bits per heavy atom. The minimum Gasteiger partial charge on any atom is -0.379 e. The van der Waals surface area contributed by atoms with Gasteiger partial charge in [0.25, 0.3) is 0 Å². The first-order chi connectivity index (χ1) is 13.7. The largest absolute Gasteiger partial charge is 0.379 e. The molecule has 0 aromatic heterocycles. The molecule has 0 amide bonds. The number of nitrogens with zero attached hydrogens (tertiary/aromatic N) is 3. The van der Waals surface area contributed by atoms with E-state index in [1.54, 1.807) is 7.05 Å². The minimum absolute atomic E-state index is 0.154. The molecule has 1 aliphatic carbocycles. The molecular formula is C21H34FN5O. The van der Waals surface area contributed by atoms with Crippen LogP contribution < -0.4 is 10.6 Å². The molecule has 6 nitrogen and oxygen atoms in total. The SMILES string of the molecule is CCN(CCNC(=NC)NCC(c1ccc(F)cc1)N1CCOCC1)C1CC1. The highest BCUT2D eigenvalue weighted by molar-refractivity contribution is 5.79. The zero-order valence-electron chi connectivity index (χ0n) is 17.2. The predicted octanol–water partition coefficient (Wildman–Crippen LogP) is 1.85. The Morgan fingerprint density at radius 2 is 1.96 bits per heavy atom. The Hall–Kier alpha value is -1.70. The van der Waals surface area contributed by atoms with Crippen molar-refractivity contribution >= 4 is 5.96 Å². The molecule has 1 aliphatic heterocycles. The van der Waals surface area contributed by atoms with E-state index in [-0.39, 0.29) is 11.9 Å². The zero-order valence-corrected chi connectivity index (χ0v) is 17.2. The molecule has 2 N–H and O–H groups in total. The summed E-state index contributed by atoms with van der Waals surface area (Å²) in [5.74, 6) is 0.610. The normalized spacial score (nSPS) is 19.6. The molecule has 1 atom stereocenters. The first-order valence-electron chi connectivity index (χ1n) is 10.5. The lowest BCUT2D eigenvalue weighted by Crippen LogP contribution is -2.47. The second-order valence-corrected chi connectivity index (χ2v) is 7.46. The Kier molecular flexibility index (Phi) is 8.06. The number of ether oxygens (including phenoxy) is 1. The van der Waals surface area contributed by atoms with Crippen LogP contribution in [0.1, 0.15) is 31.4 Å². The van der Waals surface area contributed by atoms with Crippen molar-refractivity contribution < 1.29 is 9.13 Å². The highest BCUT2D eigenvalue weighted by Crippen LogP contribution is 2.25. The van der Waals surface area contributed by atoms with E-state index in [0.717, 1.165) is 63.5 Å². The molecule has 0 radical (unpaired) electrons. The summed E-state index contributed by atoms with van der Waals surface area (Å²) in [6, 6.07) is 7.76. The molecule has 3 rings (SSSR count). The van der Waals surface area contributed by atoms with Gasteiger partial charge in [0, 0.05) is 45.8 Å². The second-order valence-electron chi connectivity index (χ2n) is 7.46. The molecule has 1 unspecified atom stereocenters. The van der Waals surface area contributed by atoms with Gasteiger partial charge in [-0.1, -0.05) is 19.1 Å². The molecule has 156 valence electrons. The van der Waals surface area contributed by atoms with Gasteiger partial charge >= 0.3 is 0 Å². The van der Waals surface area contributed by atoms with Crippen LogP contribution in [0.5, 0.6) is 0 Å². The van der Waals surface area contributed by atoms with Crippen molar-refractivity contribution in [2.24, 2.45) is 4.99 Å². The maximum absolute atomic E-state index is 13.4. The van der Waals surface area contributed by atoms with Gasteiger partial charge in [-0.2, -0.15) is 0 Å². The number of guanidine groups is 1. The van der Waals surface area contributed by atoms with Gasteiger partial charge in [0.2, 0.25) is 0 Å². The third-order valence-corrected chi connectivity index (χ3v) is 5.59. The van der Waals surface area contributed by atoms with Gasteiger partial charge < -0.3 is 15.4 Å². The minimum atomic E-state index is -0.203. The predicted molar refractivity (Wildman–Crippen MR) is 111 cm³/mol. The fraction of sp³-hybridized carbons (Fsp3) is 0.667. The Labute approximate surface area is 168 Å². The van der Waals surface area contributed by atoms with Crippen LogP contribution in [0.25, 0.3) is 0 Å². The lowest BCUT2D eigenvalue weighted by Gasteiger charge is -2.35. The lowest BCUT2D eigenvalue weighted by molar-refractivity contribution is 0.0170. The van der Waals surface area contributed by atoms with Crippen LogP contribution in [0.15, 0.2) is 29.3 Å². The zero-order chi connectivity index (χ0) is 19.8. The van der Waals surface area contributed by atoms with Gasteiger partial charge in [-0.25, -0.2) is 4.39 Å². The number of likely N-dealkylation sites (N-methyl/N-ethyl adjacent to an activating group) is 1. The topological polar surface area (TPSA) is 52.1 Å². The molecule has 0 bridgehead atoms. The van der Waals surface area contributed by atoms with Crippen molar-refractivity contribution in [3.8, 4) is 0 Å². The number of hydrogen-bond acceptors (Lipinski definition) is 4. The molecule has 2 fully saturated rings. The molecule has 1 heterocycles. The summed E-state index contributed by atoms with van der Waals surface area (Å²) in [7, 11) is 1.80. The summed E-state index contributed by atoms with van der Waals surface area (Å²) in [4.78, 5) is 9.28. The van der Waals surface area contributed by atoms with Gasteiger partial charge in [-0.3, -0.25) is 14.8 Å².